The molecule has 1 aliphatic heterocycles. The van der Waals surface area contributed by atoms with E-state index in [0.717, 1.165) is 25.9 Å². The fourth-order valence-electron chi connectivity index (χ4n) is 2.31. The van der Waals surface area contributed by atoms with Gasteiger partial charge in [-0.05, 0) is 32.7 Å². The van der Waals surface area contributed by atoms with Gasteiger partial charge in [-0.2, -0.15) is 0 Å². The van der Waals surface area contributed by atoms with Crippen molar-refractivity contribution in [2.24, 2.45) is 0 Å². The number of likely N-dealkylation sites (tertiary alicyclic amines) is 1. The summed E-state index contributed by atoms with van der Waals surface area (Å²) in [5, 5.41) is 9.39. The molecule has 0 bridgehead atoms. The standard InChI is InChI=1S/C12H24N2O2/c1-10(15)9-11-5-4-7-14(11)8-6-12(16)13(2)3/h10-11,15H,4-9H2,1-3H3. The molecule has 0 saturated carbocycles. The third-order valence-electron chi connectivity index (χ3n) is 3.22. The van der Waals surface area contributed by atoms with Gasteiger partial charge < -0.3 is 10.0 Å². The number of nitrogens with zero attached hydrogens (tertiary/aromatic N) is 2. The van der Waals surface area contributed by atoms with Crippen LogP contribution in [0.3, 0.4) is 0 Å². The number of hydrogen-bond donors (Lipinski definition) is 1. The van der Waals surface area contributed by atoms with Crippen molar-refractivity contribution in [3.63, 3.8) is 0 Å². The van der Waals surface area contributed by atoms with E-state index in [1.54, 1.807) is 19.0 Å². The first-order valence-corrected chi connectivity index (χ1v) is 6.13. The van der Waals surface area contributed by atoms with E-state index in [9.17, 15) is 9.90 Å². The van der Waals surface area contributed by atoms with E-state index in [2.05, 4.69) is 4.90 Å². The largest absolute Gasteiger partial charge is 0.393 e. The maximum absolute atomic E-state index is 11.5. The Balaban J connectivity index is 2.32. The number of aliphatic hydroxyl groups excluding tert-OH is 1. The van der Waals surface area contributed by atoms with Gasteiger partial charge in [0.25, 0.3) is 0 Å². The molecule has 2 atom stereocenters. The minimum absolute atomic E-state index is 0.183. The van der Waals surface area contributed by atoms with E-state index in [-0.39, 0.29) is 12.0 Å². The summed E-state index contributed by atoms with van der Waals surface area (Å²) in [7, 11) is 3.58. The van der Waals surface area contributed by atoms with Gasteiger partial charge in [-0.1, -0.05) is 0 Å². The molecule has 1 saturated heterocycles. The number of carbonyl (C=O) groups excluding carboxylic acids is 1. The third-order valence-corrected chi connectivity index (χ3v) is 3.22. The van der Waals surface area contributed by atoms with E-state index in [1.807, 2.05) is 6.92 Å². The minimum Gasteiger partial charge on any atom is -0.393 e. The Kier molecular flexibility index (Phi) is 5.22. The van der Waals surface area contributed by atoms with Gasteiger partial charge in [-0.3, -0.25) is 9.69 Å². The molecule has 0 spiro atoms. The molecule has 1 amide bonds. The van der Waals surface area contributed by atoms with E-state index in [0.29, 0.717) is 12.5 Å². The van der Waals surface area contributed by atoms with Crippen LogP contribution >= 0.6 is 0 Å². The Bertz CT molecular complexity index is 229. The van der Waals surface area contributed by atoms with Gasteiger partial charge in [0.1, 0.15) is 0 Å². The first-order chi connectivity index (χ1) is 7.50. The number of hydrogen-bond acceptors (Lipinski definition) is 3. The van der Waals surface area contributed by atoms with Gasteiger partial charge in [0, 0.05) is 33.1 Å². The number of carbonyl (C=O) groups is 1. The summed E-state index contributed by atoms with van der Waals surface area (Å²) in [6.07, 6.45) is 3.52. The highest BCUT2D eigenvalue weighted by molar-refractivity contribution is 5.75. The van der Waals surface area contributed by atoms with Crippen LogP contribution in [0, 0.1) is 0 Å². The van der Waals surface area contributed by atoms with Crippen LogP contribution in [0.5, 0.6) is 0 Å². The Morgan fingerprint density at radius 2 is 2.25 bits per heavy atom. The van der Waals surface area contributed by atoms with Crippen LogP contribution < -0.4 is 0 Å². The van der Waals surface area contributed by atoms with Crippen LogP contribution in [0.15, 0.2) is 0 Å². The van der Waals surface area contributed by atoms with E-state index in [1.165, 1.54) is 6.42 Å². The highest BCUT2D eigenvalue weighted by Crippen LogP contribution is 2.21. The van der Waals surface area contributed by atoms with E-state index >= 15 is 0 Å². The highest BCUT2D eigenvalue weighted by Gasteiger charge is 2.25. The Hall–Kier alpha value is -0.610. The fraction of sp³-hybridized carbons (Fsp3) is 0.917. The summed E-state index contributed by atoms with van der Waals surface area (Å²) in [6, 6.07) is 0.468. The quantitative estimate of drug-likeness (QED) is 0.753. The average Bonchev–Trinajstić information content (AvgIpc) is 2.60. The second kappa shape index (κ2) is 6.21. The zero-order valence-electron chi connectivity index (χ0n) is 10.6. The lowest BCUT2D eigenvalue weighted by atomic mass is 10.1. The van der Waals surface area contributed by atoms with Gasteiger partial charge in [-0.25, -0.2) is 0 Å². The summed E-state index contributed by atoms with van der Waals surface area (Å²) in [5.41, 5.74) is 0. The molecule has 94 valence electrons. The Morgan fingerprint density at radius 1 is 1.56 bits per heavy atom. The summed E-state index contributed by atoms with van der Waals surface area (Å²) in [6.45, 7) is 3.73. The van der Waals surface area contributed by atoms with E-state index < -0.39 is 0 Å². The van der Waals surface area contributed by atoms with Crippen molar-refractivity contribution in [1.29, 1.82) is 0 Å². The number of amides is 1. The van der Waals surface area contributed by atoms with Gasteiger partial charge in [-0.15, -0.1) is 0 Å². The fourth-order valence-corrected chi connectivity index (χ4v) is 2.31. The van der Waals surface area contributed by atoms with Crippen molar-refractivity contribution < 1.29 is 9.90 Å². The molecule has 0 aliphatic carbocycles. The minimum atomic E-state index is -0.241. The molecule has 1 aliphatic rings. The van der Waals surface area contributed by atoms with Gasteiger partial charge in [0.05, 0.1) is 6.10 Å². The van der Waals surface area contributed by atoms with Crippen molar-refractivity contribution in [2.45, 2.75) is 44.8 Å². The van der Waals surface area contributed by atoms with Gasteiger partial charge >= 0.3 is 0 Å². The summed E-state index contributed by atoms with van der Waals surface area (Å²) >= 11 is 0. The van der Waals surface area contributed by atoms with Crippen LogP contribution in [-0.4, -0.2) is 60.1 Å². The third kappa shape index (κ3) is 4.10. The molecular weight excluding hydrogens is 204 g/mol. The van der Waals surface area contributed by atoms with Crippen LogP contribution in [0.1, 0.15) is 32.6 Å². The smallest absolute Gasteiger partial charge is 0.223 e. The molecule has 0 radical (unpaired) electrons. The maximum atomic E-state index is 11.5. The summed E-state index contributed by atoms with van der Waals surface area (Å²) in [5.74, 6) is 0.183. The second-order valence-corrected chi connectivity index (χ2v) is 4.95. The topological polar surface area (TPSA) is 43.8 Å². The Labute approximate surface area is 98.2 Å². The van der Waals surface area contributed by atoms with Crippen LogP contribution in [0.25, 0.3) is 0 Å². The SMILES string of the molecule is CC(O)CC1CCCN1CCC(=O)N(C)C. The zero-order valence-corrected chi connectivity index (χ0v) is 10.6. The molecular formula is C12H24N2O2. The lowest BCUT2D eigenvalue weighted by Gasteiger charge is -2.25. The van der Waals surface area contributed by atoms with Gasteiger partial charge in [0.15, 0.2) is 0 Å². The highest BCUT2D eigenvalue weighted by atomic mass is 16.3. The molecule has 1 rings (SSSR count). The van der Waals surface area contributed by atoms with Gasteiger partial charge in [0.2, 0.25) is 5.91 Å². The van der Waals surface area contributed by atoms with Crippen LogP contribution in [0.4, 0.5) is 0 Å². The Morgan fingerprint density at radius 3 is 2.81 bits per heavy atom. The van der Waals surface area contributed by atoms with Crippen molar-refractivity contribution in [3.05, 3.63) is 0 Å². The molecule has 2 unspecified atom stereocenters. The molecule has 1 heterocycles. The zero-order chi connectivity index (χ0) is 12.1. The molecule has 0 aromatic rings. The maximum Gasteiger partial charge on any atom is 0.223 e. The molecule has 4 nitrogen and oxygen atoms in total. The molecule has 1 fully saturated rings. The predicted molar refractivity (Wildman–Crippen MR) is 64.2 cm³/mol. The van der Waals surface area contributed by atoms with Crippen molar-refractivity contribution in [1.82, 2.24) is 9.80 Å². The van der Waals surface area contributed by atoms with Crippen LogP contribution in [-0.2, 0) is 4.79 Å². The van der Waals surface area contributed by atoms with E-state index in [4.69, 9.17) is 0 Å². The van der Waals surface area contributed by atoms with Crippen molar-refractivity contribution in [2.75, 3.05) is 27.2 Å². The van der Waals surface area contributed by atoms with Crippen molar-refractivity contribution >= 4 is 5.91 Å². The molecule has 4 heteroatoms. The normalized spacial score (nSPS) is 23.4. The molecule has 1 N–H and O–H groups in total. The molecule has 0 aromatic carbocycles. The summed E-state index contributed by atoms with van der Waals surface area (Å²) < 4.78 is 0. The monoisotopic (exact) mass is 228 g/mol. The average molecular weight is 228 g/mol. The lowest BCUT2D eigenvalue weighted by molar-refractivity contribution is -0.129. The summed E-state index contributed by atoms with van der Waals surface area (Å²) in [4.78, 5) is 15.5. The van der Waals surface area contributed by atoms with Crippen molar-refractivity contribution in [3.8, 4) is 0 Å². The predicted octanol–water partition coefficient (Wildman–Crippen LogP) is 0.700. The number of aliphatic hydroxyl groups is 1. The number of rotatable bonds is 5. The first kappa shape index (κ1) is 13.5. The van der Waals surface area contributed by atoms with Crippen LogP contribution in [0.2, 0.25) is 0 Å². The molecule has 16 heavy (non-hydrogen) atoms. The first-order valence-electron chi connectivity index (χ1n) is 6.13. The second-order valence-electron chi connectivity index (χ2n) is 4.95. The molecule has 0 aromatic heterocycles. The lowest BCUT2D eigenvalue weighted by Crippen LogP contribution is -2.35.